The molecular weight excluding hydrogens is 256 g/mol. The van der Waals surface area contributed by atoms with Gasteiger partial charge in [-0.25, -0.2) is 4.39 Å². The molecule has 1 fully saturated rings. The highest BCUT2D eigenvalue weighted by atomic mass is 19.1. The van der Waals surface area contributed by atoms with Crippen molar-refractivity contribution < 1.29 is 13.7 Å². The number of aromatic nitrogens is 1. The summed E-state index contributed by atoms with van der Waals surface area (Å²) in [5, 5.41) is 0.577. The molecule has 1 aromatic heterocycles. The fraction of sp³-hybridized carbons (Fsp3) is 0.467. The fourth-order valence-corrected chi connectivity index (χ4v) is 2.58. The quantitative estimate of drug-likeness (QED) is 0.747. The molecule has 106 valence electrons. The van der Waals surface area contributed by atoms with Gasteiger partial charge in [0.25, 0.3) is 0 Å². The molecule has 0 unspecified atom stereocenters. The molecular formula is C15H19BFNO2. The van der Waals surface area contributed by atoms with E-state index in [1.807, 2.05) is 51.6 Å². The number of aryl methyl sites for hydroxylation is 1. The van der Waals surface area contributed by atoms with Crippen LogP contribution >= 0.6 is 0 Å². The van der Waals surface area contributed by atoms with E-state index in [9.17, 15) is 4.39 Å². The molecule has 3 rings (SSSR count). The van der Waals surface area contributed by atoms with Crippen molar-refractivity contribution in [3.63, 3.8) is 0 Å². The largest absolute Gasteiger partial charge is 0.497 e. The van der Waals surface area contributed by atoms with E-state index in [1.54, 1.807) is 6.07 Å². The molecule has 1 aliphatic heterocycles. The second kappa shape index (κ2) is 4.09. The van der Waals surface area contributed by atoms with Crippen LogP contribution in [0.1, 0.15) is 27.7 Å². The van der Waals surface area contributed by atoms with Gasteiger partial charge in [-0.05, 0) is 39.8 Å². The van der Waals surface area contributed by atoms with Crippen LogP contribution in [-0.2, 0) is 16.4 Å². The highest BCUT2D eigenvalue weighted by Gasteiger charge is 2.52. The molecule has 0 bridgehead atoms. The third-order valence-corrected chi connectivity index (χ3v) is 4.50. The van der Waals surface area contributed by atoms with Crippen LogP contribution < -0.4 is 5.46 Å². The molecule has 1 aromatic carbocycles. The molecule has 5 heteroatoms. The second-order valence-corrected chi connectivity index (χ2v) is 6.42. The van der Waals surface area contributed by atoms with Crippen LogP contribution in [0.5, 0.6) is 0 Å². The van der Waals surface area contributed by atoms with E-state index >= 15 is 0 Å². The van der Waals surface area contributed by atoms with Gasteiger partial charge in [-0.15, -0.1) is 0 Å². The average molecular weight is 275 g/mol. The Morgan fingerprint density at radius 2 is 1.70 bits per heavy atom. The molecule has 20 heavy (non-hydrogen) atoms. The summed E-state index contributed by atoms with van der Waals surface area (Å²) in [6.45, 7) is 7.98. The van der Waals surface area contributed by atoms with Crippen LogP contribution in [0.25, 0.3) is 10.9 Å². The molecule has 2 aromatic rings. The number of rotatable bonds is 1. The van der Waals surface area contributed by atoms with Crippen molar-refractivity contribution in [3.8, 4) is 0 Å². The van der Waals surface area contributed by atoms with Gasteiger partial charge in [-0.3, -0.25) is 0 Å². The molecule has 0 amide bonds. The van der Waals surface area contributed by atoms with Gasteiger partial charge < -0.3 is 13.9 Å². The van der Waals surface area contributed by atoms with Crippen molar-refractivity contribution in [3.05, 3.63) is 30.2 Å². The van der Waals surface area contributed by atoms with Gasteiger partial charge in [0.1, 0.15) is 5.82 Å². The Bertz CT molecular complexity index is 662. The minimum Gasteiger partial charge on any atom is -0.399 e. The van der Waals surface area contributed by atoms with Crippen LogP contribution in [0.4, 0.5) is 4.39 Å². The number of hydrogen-bond acceptors (Lipinski definition) is 2. The minimum absolute atomic E-state index is 0.243. The lowest BCUT2D eigenvalue weighted by Crippen LogP contribution is -2.41. The molecule has 3 nitrogen and oxygen atoms in total. The normalized spacial score (nSPS) is 20.8. The summed E-state index contributed by atoms with van der Waals surface area (Å²) in [4.78, 5) is 0. The predicted octanol–water partition coefficient (Wildman–Crippen LogP) is 2.62. The van der Waals surface area contributed by atoms with E-state index in [-0.39, 0.29) is 5.82 Å². The van der Waals surface area contributed by atoms with Crippen LogP contribution in [0, 0.1) is 5.82 Å². The lowest BCUT2D eigenvalue weighted by molar-refractivity contribution is 0.00578. The Kier molecular flexibility index (Phi) is 2.79. The summed E-state index contributed by atoms with van der Waals surface area (Å²) in [7, 11) is 1.36. The van der Waals surface area contributed by atoms with E-state index in [2.05, 4.69) is 0 Å². The minimum atomic E-state index is -0.541. The highest BCUT2D eigenvalue weighted by Crippen LogP contribution is 2.37. The van der Waals surface area contributed by atoms with E-state index in [0.29, 0.717) is 5.39 Å². The molecule has 0 atom stereocenters. The zero-order valence-electron chi connectivity index (χ0n) is 12.5. The summed E-state index contributed by atoms with van der Waals surface area (Å²) in [6.07, 6.45) is 1.88. The highest BCUT2D eigenvalue weighted by molar-refractivity contribution is 6.65. The Morgan fingerprint density at radius 1 is 1.10 bits per heavy atom. The SMILES string of the molecule is Cn1cc(B2OC(C)(C)C(C)(C)O2)c2c(F)cccc21. The van der Waals surface area contributed by atoms with Crippen LogP contribution in [0.2, 0.25) is 0 Å². The van der Waals surface area contributed by atoms with Crippen LogP contribution in [-0.4, -0.2) is 22.9 Å². The maximum absolute atomic E-state index is 14.2. The van der Waals surface area contributed by atoms with Gasteiger partial charge in [0.15, 0.2) is 0 Å². The topological polar surface area (TPSA) is 23.4 Å². The predicted molar refractivity (Wildman–Crippen MR) is 78.6 cm³/mol. The standard InChI is InChI=1S/C15H19BFNO2/c1-14(2)15(3,4)20-16(19-14)10-9-18(5)12-8-6-7-11(17)13(10)12/h6-9H,1-5H3. The summed E-state index contributed by atoms with van der Waals surface area (Å²) >= 11 is 0. The molecule has 0 N–H and O–H groups in total. The maximum atomic E-state index is 14.2. The van der Waals surface area contributed by atoms with Crippen molar-refractivity contribution in [2.24, 2.45) is 7.05 Å². The first-order valence-corrected chi connectivity index (χ1v) is 6.82. The molecule has 0 aliphatic carbocycles. The molecule has 2 heterocycles. The Hall–Kier alpha value is -1.33. The number of halogens is 1. The molecule has 1 aliphatic rings. The van der Waals surface area contributed by atoms with Crippen molar-refractivity contribution in [2.45, 2.75) is 38.9 Å². The number of fused-ring (bicyclic) bond motifs is 1. The lowest BCUT2D eigenvalue weighted by atomic mass is 9.79. The summed E-state index contributed by atoms with van der Waals surface area (Å²) in [5.74, 6) is -0.243. The van der Waals surface area contributed by atoms with E-state index in [0.717, 1.165) is 11.0 Å². The Morgan fingerprint density at radius 3 is 2.30 bits per heavy atom. The summed E-state index contributed by atoms with van der Waals surface area (Å²) in [5.41, 5.74) is 0.741. The fourth-order valence-electron chi connectivity index (χ4n) is 2.58. The third kappa shape index (κ3) is 1.80. The van der Waals surface area contributed by atoms with Gasteiger partial charge in [-0.2, -0.15) is 0 Å². The van der Waals surface area contributed by atoms with Gasteiger partial charge in [-0.1, -0.05) is 6.07 Å². The van der Waals surface area contributed by atoms with Crippen LogP contribution in [0.15, 0.2) is 24.4 Å². The lowest BCUT2D eigenvalue weighted by Gasteiger charge is -2.32. The zero-order chi connectivity index (χ0) is 14.7. The molecule has 0 spiro atoms. The molecule has 0 saturated carbocycles. The number of hydrogen-bond donors (Lipinski definition) is 0. The van der Waals surface area contributed by atoms with Gasteiger partial charge in [0.2, 0.25) is 0 Å². The van der Waals surface area contributed by atoms with Crippen molar-refractivity contribution in [1.29, 1.82) is 0 Å². The Labute approximate surface area is 118 Å². The molecule has 0 radical (unpaired) electrons. The van der Waals surface area contributed by atoms with Crippen LogP contribution in [0.3, 0.4) is 0 Å². The van der Waals surface area contributed by atoms with Crippen molar-refractivity contribution >= 4 is 23.5 Å². The summed E-state index contributed by atoms with van der Waals surface area (Å²) < 4.78 is 28.1. The second-order valence-electron chi connectivity index (χ2n) is 6.42. The van der Waals surface area contributed by atoms with Crippen molar-refractivity contribution in [1.82, 2.24) is 4.57 Å². The Balaban J connectivity index is 2.13. The smallest absolute Gasteiger partial charge is 0.399 e. The van der Waals surface area contributed by atoms with E-state index in [4.69, 9.17) is 9.31 Å². The first kappa shape index (κ1) is 13.6. The molecule has 1 saturated heterocycles. The van der Waals surface area contributed by atoms with Gasteiger partial charge in [0, 0.05) is 24.1 Å². The zero-order valence-corrected chi connectivity index (χ0v) is 12.5. The monoisotopic (exact) mass is 275 g/mol. The average Bonchev–Trinajstić information content (AvgIpc) is 2.76. The summed E-state index contributed by atoms with van der Waals surface area (Å²) in [6, 6.07) is 5.08. The van der Waals surface area contributed by atoms with E-state index in [1.165, 1.54) is 6.07 Å². The maximum Gasteiger partial charge on any atom is 0.497 e. The third-order valence-electron chi connectivity index (χ3n) is 4.50. The number of nitrogens with zero attached hydrogens (tertiary/aromatic N) is 1. The number of benzene rings is 1. The van der Waals surface area contributed by atoms with Gasteiger partial charge in [0.05, 0.1) is 16.7 Å². The van der Waals surface area contributed by atoms with E-state index < -0.39 is 18.3 Å². The first-order valence-electron chi connectivity index (χ1n) is 6.82. The van der Waals surface area contributed by atoms with Crippen molar-refractivity contribution in [2.75, 3.05) is 0 Å². The van der Waals surface area contributed by atoms with Gasteiger partial charge >= 0.3 is 7.12 Å². The first-order chi connectivity index (χ1) is 9.23.